The number of nitrogens with one attached hydrogen (secondary N) is 1. The number of benzene rings is 2. The van der Waals surface area contributed by atoms with E-state index in [0.29, 0.717) is 10.0 Å². The van der Waals surface area contributed by atoms with E-state index in [1.54, 1.807) is 6.07 Å². The molecule has 0 saturated carbocycles. The summed E-state index contributed by atoms with van der Waals surface area (Å²) in [6.07, 6.45) is 1.00. The Bertz CT molecular complexity index is 569. The molecule has 2 aromatic carbocycles. The Balaban J connectivity index is 2.41. The smallest absolute Gasteiger partial charge is 0.142 e. The van der Waals surface area contributed by atoms with Crippen LogP contribution in [0.4, 0.5) is 4.39 Å². The van der Waals surface area contributed by atoms with Crippen LogP contribution in [0.2, 0.25) is 0 Å². The molecule has 0 aromatic heterocycles. The fourth-order valence-corrected chi connectivity index (χ4v) is 2.74. The number of halogens is 3. The summed E-state index contributed by atoms with van der Waals surface area (Å²) in [6, 6.07) is 13.3. The normalized spacial score (nSPS) is 12.4. The van der Waals surface area contributed by atoms with Crippen molar-refractivity contribution in [3.8, 4) is 0 Å². The second kappa shape index (κ2) is 7.34. The van der Waals surface area contributed by atoms with Crippen LogP contribution in [0.1, 0.15) is 30.5 Å². The van der Waals surface area contributed by atoms with Crippen molar-refractivity contribution < 1.29 is 4.39 Å². The van der Waals surface area contributed by atoms with Crippen LogP contribution in [-0.4, -0.2) is 6.54 Å². The minimum atomic E-state index is -0.205. The third kappa shape index (κ3) is 3.68. The van der Waals surface area contributed by atoms with Gasteiger partial charge in [0.05, 0.1) is 10.5 Å². The molecule has 0 saturated heterocycles. The van der Waals surface area contributed by atoms with Crippen LogP contribution < -0.4 is 5.32 Å². The highest BCUT2D eigenvalue weighted by atomic mass is 79.9. The molecule has 0 aliphatic heterocycles. The van der Waals surface area contributed by atoms with Gasteiger partial charge in [-0.2, -0.15) is 0 Å². The molecule has 0 aliphatic rings. The van der Waals surface area contributed by atoms with Crippen molar-refractivity contribution in [2.24, 2.45) is 0 Å². The van der Waals surface area contributed by atoms with E-state index in [2.05, 4.69) is 44.1 Å². The third-order valence-electron chi connectivity index (χ3n) is 3.09. The summed E-state index contributed by atoms with van der Waals surface area (Å²) in [6.45, 7) is 2.94. The van der Waals surface area contributed by atoms with E-state index in [9.17, 15) is 4.39 Å². The fraction of sp³-hybridized carbons (Fsp3) is 0.250. The maximum atomic E-state index is 14.3. The molecule has 0 radical (unpaired) electrons. The summed E-state index contributed by atoms with van der Waals surface area (Å²) in [5.74, 6) is -0.205. The predicted octanol–water partition coefficient (Wildman–Crippen LogP) is 5.44. The van der Waals surface area contributed by atoms with Crippen LogP contribution >= 0.6 is 31.9 Å². The van der Waals surface area contributed by atoms with Gasteiger partial charge in [-0.05, 0) is 52.7 Å². The Morgan fingerprint density at radius 3 is 2.45 bits per heavy atom. The highest BCUT2D eigenvalue weighted by Crippen LogP contribution is 2.29. The van der Waals surface area contributed by atoms with Gasteiger partial charge >= 0.3 is 0 Å². The first-order valence-corrected chi connectivity index (χ1v) is 8.15. The van der Waals surface area contributed by atoms with Crippen LogP contribution in [0.25, 0.3) is 0 Å². The molecule has 0 fully saturated rings. The number of rotatable bonds is 5. The average Bonchev–Trinajstić information content (AvgIpc) is 2.45. The molecule has 106 valence electrons. The van der Waals surface area contributed by atoms with E-state index in [4.69, 9.17) is 0 Å². The van der Waals surface area contributed by atoms with E-state index in [1.165, 1.54) is 0 Å². The van der Waals surface area contributed by atoms with Crippen LogP contribution in [-0.2, 0) is 0 Å². The molecule has 0 bridgehead atoms. The van der Waals surface area contributed by atoms with E-state index in [1.807, 2.05) is 36.4 Å². The summed E-state index contributed by atoms with van der Waals surface area (Å²) >= 11 is 6.68. The Kier molecular flexibility index (Phi) is 5.75. The van der Waals surface area contributed by atoms with Gasteiger partial charge in [-0.1, -0.05) is 47.1 Å². The summed E-state index contributed by atoms with van der Waals surface area (Å²) < 4.78 is 15.9. The van der Waals surface area contributed by atoms with E-state index in [-0.39, 0.29) is 11.9 Å². The third-order valence-corrected chi connectivity index (χ3v) is 4.24. The Morgan fingerprint density at radius 2 is 1.80 bits per heavy atom. The maximum Gasteiger partial charge on any atom is 0.142 e. The molecule has 20 heavy (non-hydrogen) atoms. The van der Waals surface area contributed by atoms with Gasteiger partial charge in [-0.3, -0.25) is 0 Å². The molecule has 1 unspecified atom stereocenters. The first-order chi connectivity index (χ1) is 9.63. The maximum absolute atomic E-state index is 14.3. The van der Waals surface area contributed by atoms with Crippen molar-refractivity contribution in [3.63, 3.8) is 0 Å². The highest BCUT2D eigenvalue weighted by Gasteiger charge is 2.18. The van der Waals surface area contributed by atoms with Crippen LogP contribution in [0.3, 0.4) is 0 Å². The van der Waals surface area contributed by atoms with Gasteiger partial charge in [-0.15, -0.1) is 0 Å². The largest absolute Gasteiger partial charge is 0.306 e. The quantitative estimate of drug-likeness (QED) is 0.704. The van der Waals surface area contributed by atoms with E-state index < -0.39 is 0 Å². The highest BCUT2D eigenvalue weighted by molar-refractivity contribution is 9.10. The Labute approximate surface area is 135 Å². The molecule has 1 atom stereocenters. The summed E-state index contributed by atoms with van der Waals surface area (Å²) in [4.78, 5) is 0. The fourth-order valence-electron chi connectivity index (χ4n) is 2.09. The molecule has 0 aliphatic carbocycles. The monoisotopic (exact) mass is 399 g/mol. The van der Waals surface area contributed by atoms with E-state index in [0.717, 1.165) is 23.0 Å². The van der Waals surface area contributed by atoms with Crippen LogP contribution in [0.5, 0.6) is 0 Å². The van der Waals surface area contributed by atoms with Gasteiger partial charge in [0.15, 0.2) is 0 Å². The summed E-state index contributed by atoms with van der Waals surface area (Å²) in [5.41, 5.74) is 1.72. The second-order valence-electron chi connectivity index (χ2n) is 4.58. The first kappa shape index (κ1) is 15.7. The minimum absolute atomic E-state index is 0.138. The van der Waals surface area contributed by atoms with Crippen molar-refractivity contribution in [2.75, 3.05) is 6.54 Å². The summed E-state index contributed by atoms with van der Waals surface area (Å²) in [5, 5.41) is 3.41. The van der Waals surface area contributed by atoms with Gasteiger partial charge in [0.1, 0.15) is 5.82 Å². The zero-order valence-electron chi connectivity index (χ0n) is 11.2. The van der Waals surface area contributed by atoms with Crippen LogP contribution in [0, 0.1) is 5.82 Å². The Hall–Kier alpha value is -0.710. The topological polar surface area (TPSA) is 12.0 Å². The lowest BCUT2D eigenvalue weighted by Crippen LogP contribution is -2.24. The SMILES string of the molecule is CCCNC(c1ccc(Br)cc1)c1cccc(Br)c1F. The molecule has 1 nitrogen and oxygen atoms in total. The van der Waals surface area contributed by atoms with Gasteiger partial charge < -0.3 is 5.32 Å². The van der Waals surface area contributed by atoms with Gasteiger partial charge in [0.25, 0.3) is 0 Å². The molecular weight excluding hydrogens is 385 g/mol. The molecule has 2 aromatic rings. The van der Waals surface area contributed by atoms with Gasteiger partial charge in [0.2, 0.25) is 0 Å². The molecular formula is C16H16Br2FN. The molecule has 0 spiro atoms. The lowest BCUT2D eigenvalue weighted by atomic mass is 9.98. The number of hydrogen-bond donors (Lipinski definition) is 1. The first-order valence-electron chi connectivity index (χ1n) is 6.56. The zero-order valence-corrected chi connectivity index (χ0v) is 14.3. The number of hydrogen-bond acceptors (Lipinski definition) is 1. The molecule has 2 rings (SSSR count). The van der Waals surface area contributed by atoms with Gasteiger partial charge in [-0.25, -0.2) is 4.39 Å². The second-order valence-corrected chi connectivity index (χ2v) is 6.35. The van der Waals surface area contributed by atoms with Crippen molar-refractivity contribution in [2.45, 2.75) is 19.4 Å². The van der Waals surface area contributed by atoms with Crippen molar-refractivity contribution in [1.82, 2.24) is 5.32 Å². The Morgan fingerprint density at radius 1 is 1.10 bits per heavy atom. The van der Waals surface area contributed by atoms with Crippen molar-refractivity contribution in [1.29, 1.82) is 0 Å². The lowest BCUT2D eigenvalue weighted by Gasteiger charge is -2.20. The molecule has 1 N–H and O–H groups in total. The van der Waals surface area contributed by atoms with Crippen molar-refractivity contribution >= 4 is 31.9 Å². The molecule has 4 heteroatoms. The molecule has 0 amide bonds. The predicted molar refractivity (Wildman–Crippen MR) is 88.4 cm³/mol. The zero-order chi connectivity index (χ0) is 14.5. The van der Waals surface area contributed by atoms with Gasteiger partial charge in [0, 0.05) is 10.0 Å². The molecule has 0 heterocycles. The van der Waals surface area contributed by atoms with E-state index >= 15 is 0 Å². The average molecular weight is 401 g/mol. The van der Waals surface area contributed by atoms with Crippen molar-refractivity contribution in [3.05, 3.63) is 68.4 Å². The lowest BCUT2D eigenvalue weighted by molar-refractivity contribution is 0.543. The standard InChI is InChI=1S/C16H16Br2FN/c1-2-10-20-16(11-6-8-12(17)9-7-11)13-4-3-5-14(18)15(13)19/h3-9,16,20H,2,10H2,1H3. The summed E-state index contributed by atoms with van der Waals surface area (Å²) in [7, 11) is 0. The van der Waals surface area contributed by atoms with Crippen LogP contribution in [0.15, 0.2) is 51.4 Å². The minimum Gasteiger partial charge on any atom is -0.306 e.